The van der Waals surface area contributed by atoms with E-state index in [-0.39, 0.29) is 17.2 Å². The van der Waals surface area contributed by atoms with E-state index in [4.69, 9.17) is 9.47 Å². The van der Waals surface area contributed by atoms with Gasteiger partial charge >= 0.3 is 0 Å². The van der Waals surface area contributed by atoms with Gasteiger partial charge in [0.1, 0.15) is 18.1 Å². The molecular formula is C27H32N2O5S. The standard InChI is InChI=1S/C27H32N2O5S/c1-33-25-14-13-23(35(31,32)29-17-5-2-6-18-29)20-22(25)12-15-27(30)28-16-19-34-26-11-7-9-21-8-3-4-10-24(21)26/h3-4,7-11,13-14,20H,2,5-6,12,15-19H2,1H3,(H,28,30). The lowest BCUT2D eigenvalue weighted by molar-refractivity contribution is -0.121. The summed E-state index contributed by atoms with van der Waals surface area (Å²) < 4.78 is 38.9. The van der Waals surface area contributed by atoms with Crippen LogP contribution < -0.4 is 14.8 Å². The maximum atomic E-state index is 13.0. The van der Waals surface area contributed by atoms with E-state index >= 15 is 0 Å². The number of methoxy groups -OCH3 is 1. The summed E-state index contributed by atoms with van der Waals surface area (Å²) in [5, 5.41) is 5.01. The predicted molar refractivity (Wildman–Crippen MR) is 136 cm³/mol. The number of nitrogens with zero attached hydrogens (tertiary/aromatic N) is 1. The van der Waals surface area contributed by atoms with Gasteiger partial charge in [0, 0.05) is 24.9 Å². The molecule has 1 aliphatic rings. The number of hydrogen-bond acceptors (Lipinski definition) is 5. The average molecular weight is 497 g/mol. The molecule has 1 amide bonds. The summed E-state index contributed by atoms with van der Waals surface area (Å²) in [6.45, 7) is 1.83. The molecule has 3 aromatic carbocycles. The molecule has 186 valence electrons. The van der Waals surface area contributed by atoms with Crippen LogP contribution in [0.5, 0.6) is 11.5 Å². The van der Waals surface area contributed by atoms with Crippen molar-refractivity contribution in [1.82, 2.24) is 9.62 Å². The molecule has 1 heterocycles. The lowest BCUT2D eigenvalue weighted by atomic mass is 10.1. The van der Waals surface area contributed by atoms with Crippen molar-refractivity contribution >= 4 is 26.7 Å². The van der Waals surface area contributed by atoms with Crippen LogP contribution >= 0.6 is 0 Å². The quantitative estimate of drug-likeness (QED) is 0.426. The number of carbonyl (C=O) groups excluding carboxylic acids is 1. The van der Waals surface area contributed by atoms with Crippen LogP contribution in [0, 0.1) is 0 Å². The van der Waals surface area contributed by atoms with Crippen molar-refractivity contribution in [1.29, 1.82) is 0 Å². The second-order valence-corrected chi connectivity index (χ2v) is 10.6. The van der Waals surface area contributed by atoms with Gasteiger partial charge in [0.25, 0.3) is 0 Å². The van der Waals surface area contributed by atoms with Gasteiger partial charge in [-0.1, -0.05) is 42.8 Å². The zero-order valence-electron chi connectivity index (χ0n) is 20.0. The largest absolute Gasteiger partial charge is 0.496 e. The fraction of sp³-hybridized carbons (Fsp3) is 0.370. The Morgan fingerprint density at radius 1 is 0.971 bits per heavy atom. The maximum absolute atomic E-state index is 13.0. The molecule has 0 bridgehead atoms. The van der Waals surface area contributed by atoms with E-state index in [9.17, 15) is 13.2 Å². The molecule has 1 aliphatic heterocycles. The molecule has 1 fully saturated rings. The lowest BCUT2D eigenvalue weighted by Crippen LogP contribution is -2.35. The molecule has 0 radical (unpaired) electrons. The van der Waals surface area contributed by atoms with Crippen LogP contribution in [0.25, 0.3) is 10.8 Å². The van der Waals surface area contributed by atoms with E-state index < -0.39 is 10.0 Å². The van der Waals surface area contributed by atoms with Crippen LogP contribution in [0.4, 0.5) is 0 Å². The number of carbonyl (C=O) groups is 1. The summed E-state index contributed by atoms with van der Waals surface area (Å²) in [4.78, 5) is 12.7. The second-order valence-electron chi connectivity index (χ2n) is 8.61. The number of rotatable bonds is 10. The van der Waals surface area contributed by atoms with Crippen molar-refractivity contribution < 1.29 is 22.7 Å². The zero-order chi connectivity index (χ0) is 24.7. The van der Waals surface area contributed by atoms with E-state index in [0.717, 1.165) is 35.8 Å². The summed E-state index contributed by atoms with van der Waals surface area (Å²) in [5.74, 6) is 1.24. The smallest absolute Gasteiger partial charge is 0.243 e. The Kier molecular flexibility index (Phi) is 8.25. The molecule has 35 heavy (non-hydrogen) atoms. The summed E-state index contributed by atoms with van der Waals surface area (Å²) in [6.07, 6.45) is 3.42. The zero-order valence-corrected chi connectivity index (χ0v) is 20.9. The number of hydrogen-bond donors (Lipinski definition) is 1. The highest BCUT2D eigenvalue weighted by Gasteiger charge is 2.26. The van der Waals surface area contributed by atoms with E-state index in [1.165, 1.54) is 0 Å². The topological polar surface area (TPSA) is 84.9 Å². The Balaban J connectivity index is 1.31. The molecule has 1 N–H and O–H groups in total. The van der Waals surface area contributed by atoms with E-state index in [0.29, 0.717) is 44.0 Å². The first-order valence-electron chi connectivity index (χ1n) is 12.0. The van der Waals surface area contributed by atoms with Crippen LogP contribution in [0.3, 0.4) is 0 Å². The van der Waals surface area contributed by atoms with Crippen molar-refractivity contribution in [2.24, 2.45) is 0 Å². The van der Waals surface area contributed by atoms with Gasteiger partial charge in [-0.15, -0.1) is 0 Å². The lowest BCUT2D eigenvalue weighted by Gasteiger charge is -2.26. The summed E-state index contributed by atoms with van der Waals surface area (Å²) in [6, 6.07) is 18.8. The number of amides is 1. The summed E-state index contributed by atoms with van der Waals surface area (Å²) in [5.41, 5.74) is 0.702. The van der Waals surface area contributed by atoms with Crippen molar-refractivity contribution in [3.8, 4) is 11.5 Å². The number of ether oxygens (including phenoxy) is 2. The molecule has 8 heteroatoms. The third-order valence-electron chi connectivity index (χ3n) is 6.26. The number of aryl methyl sites for hydroxylation is 1. The summed E-state index contributed by atoms with van der Waals surface area (Å²) in [7, 11) is -2.00. The number of sulfonamides is 1. The molecule has 7 nitrogen and oxygen atoms in total. The van der Waals surface area contributed by atoms with Gasteiger partial charge in [-0.2, -0.15) is 4.31 Å². The second kappa shape index (κ2) is 11.6. The third-order valence-corrected chi connectivity index (χ3v) is 8.15. The number of benzene rings is 3. The summed E-state index contributed by atoms with van der Waals surface area (Å²) >= 11 is 0. The first-order valence-corrected chi connectivity index (χ1v) is 13.5. The molecule has 4 rings (SSSR count). The molecule has 0 spiro atoms. The Morgan fingerprint density at radius 2 is 1.74 bits per heavy atom. The molecule has 0 saturated carbocycles. The third kappa shape index (κ3) is 6.13. The Morgan fingerprint density at radius 3 is 2.54 bits per heavy atom. The van der Waals surface area contributed by atoms with E-state index in [2.05, 4.69) is 5.32 Å². The average Bonchev–Trinajstić information content (AvgIpc) is 2.90. The molecule has 0 atom stereocenters. The molecule has 0 aromatic heterocycles. The highest BCUT2D eigenvalue weighted by Crippen LogP contribution is 2.27. The van der Waals surface area contributed by atoms with Gasteiger partial charge in [-0.05, 0) is 54.5 Å². The van der Waals surface area contributed by atoms with Gasteiger partial charge in [0.05, 0.1) is 18.6 Å². The minimum absolute atomic E-state index is 0.127. The number of fused-ring (bicyclic) bond motifs is 1. The van der Waals surface area contributed by atoms with Crippen molar-refractivity contribution in [2.75, 3.05) is 33.4 Å². The van der Waals surface area contributed by atoms with Gasteiger partial charge < -0.3 is 14.8 Å². The van der Waals surface area contributed by atoms with Crippen LogP contribution in [0.15, 0.2) is 65.6 Å². The van der Waals surface area contributed by atoms with Crippen molar-refractivity contribution in [2.45, 2.75) is 37.0 Å². The molecule has 0 aliphatic carbocycles. The van der Waals surface area contributed by atoms with Crippen molar-refractivity contribution in [3.05, 3.63) is 66.2 Å². The van der Waals surface area contributed by atoms with Crippen molar-refractivity contribution in [3.63, 3.8) is 0 Å². The van der Waals surface area contributed by atoms with Crippen LogP contribution in [0.2, 0.25) is 0 Å². The molecule has 1 saturated heterocycles. The monoisotopic (exact) mass is 496 g/mol. The van der Waals surface area contributed by atoms with Crippen LogP contribution in [-0.4, -0.2) is 52.0 Å². The van der Waals surface area contributed by atoms with Gasteiger partial charge in [0.2, 0.25) is 15.9 Å². The first-order chi connectivity index (χ1) is 17.0. The van der Waals surface area contributed by atoms with Gasteiger partial charge in [0.15, 0.2) is 0 Å². The SMILES string of the molecule is COc1ccc(S(=O)(=O)N2CCCCC2)cc1CCC(=O)NCCOc1cccc2ccccc12. The number of nitrogens with one attached hydrogen (secondary N) is 1. The maximum Gasteiger partial charge on any atom is 0.243 e. The van der Waals surface area contributed by atoms with Crippen LogP contribution in [-0.2, 0) is 21.2 Å². The Labute approximate surface area is 207 Å². The molecular weight excluding hydrogens is 464 g/mol. The molecule has 3 aromatic rings. The van der Waals surface area contributed by atoms with Gasteiger partial charge in [-0.3, -0.25) is 4.79 Å². The first kappa shape index (κ1) is 25.0. The predicted octanol–water partition coefficient (Wildman–Crippen LogP) is 4.15. The molecule has 0 unspecified atom stereocenters. The highest BCUT2D eigenvalue weighted by atomic mass is 32.2. The fourth-order valence-electron chi connectivity index (χ4n) is 4.37. The van der Waals surface area contributed by atoms with E-state index in [1.807, 2.05) is 42.5 Å². The van der Waals surface area contributed by atoms with Crippen LogP contribution in [0.1, 0.15) is 31.2 Å². The highest BCUT2D eigenvalue weighted by molar-refractivity contribution is 7.89. The Hall–Kier alpha value is -3.10. The van der Waals surface area contributed by atoms with Gasteiger partial charge in [-0.25, -0.2) is 8.42 Å². The Bertz CT molecular complexity index is 1260. The fourth-order valence-corrected chi connectivity index (χ4v) is 5.94. The van der Waals surface area contributed by atoms with E-state index in [1.54, 1.807) is 29.6 Å². The normalized spacial score (nSPS) is 14.5. The minimum atomic E-state index is -3.55. The number of piperidine rings is 1. The minimum Gasteiger partial charge on any atom is -0.496 e.